The lowest BCUT2D eigenvalue weighted by Gasteiger charge is -2.19. The summed E-state index contributed by atoms with van der Waals surface area (Å²) in [6.45, 7) is 6.64. The summed E-state index contributed by atoms with van der Waals surface area (Å²) in [7, 11) is 1.66. The number of hydrogen-bond acceptors (Lipinski definition) is 4. The lowest BCUT2D eigenvalue weighted by Crippen LogP contribution is -2.13. The van der Waals surface area contributed by atoms with Gasteiger partial charge in [-0.05, 0) is 50.6 Å². The highest BCUT2D eigenvalue weighted by molar-refractivity contribution is 5.77. The lowest BCUT2D eigenvalue weighted by molar-refractivity contribution is 0.0261. The van der Waals surface area contributed by atoms with E-state index in [1.54, 1.807) is 7.11 Å². The van der Waals surface area contributed by atoms with Crippen molar-refractivity contribution in [3.63, 3.8) is 0 Å². The van der Waals surface area contributed by atoms with E-state index in [4.69, 9.17) is 19.2 Å². The average Bonchev–Trinajstić information content (AvgIpc) is 3.03. The van der Waals surface area contributed by atoms with Gasteiger partial charge in [0.25, 0.3) is 0 Å². The molecule has 1 aromatic heterocycles. The number of benzene rings is 2. The van der Waals surface area contributed by atoms with Gasteiger partial charge in [0.05, 0.1) is 30.9 Å². The van der Waals surface area contributed by atoms with Crippen LogP contribution in [0.5, 0.6) is 11.5 Å². The normalized spacial score (nSPS) is 12.5. The Kier molecular flexibility index (Phi) is 5.24. The van der Waals surface area contributed by atoms with Gasteiger partial charge >= 0.3 is 0 Å². The highest BCUT2D eigenvalue weighted by atomic mass is 16.5. The van der Waals surface area contributed by atoms with Crippen LogP contribution in [0.1, 0.15) is 38.3 Å². The Bertz CT molecular complexity index is 825. The Morgan fingerprint density at radius 3 is 2.40 bits per heavy atom. The number of fused-ring (bicyclic) bond motifs is 1. The minimum Gasteiger partial charge on any atom is -0.497 e. The van der Waals surface area contributed by atoms with E-state index in [0.717, 1.165) is 33.9 Å². The number of H-pyrrole nitrogens is 1. The Balaban J connectivity index is 1.98. The summed E-state index contributed by atoms with van der Waals surface area (Å²) < 4.78 is 16.9. The molecule has 0 bridgehead atoms. The predicted molar refractivity (Wildman–Crippen MR) is 98.3 cm³/mol. The molecule has 132 valence electrons. The molecule has 0 aliphatic rings. The minimum atomic E-state index is -0.270. The number of methoxy groups -OCH3 is 1. The molecule has 1 atom stereocenters. The van der Waals surface area contributed by atoms with Crippen molar-refractivity contribution < 1.29 is 14.2 Å². The summed E-state index contributed by atoms with van der Waals surface area (Å²) >= 11 is 0. The van der Waals surface area contributed by atoms with Crippen molar-refractivity contribution in [3.05, 3.63) is 53.9 Å². The molecule has 2 aromatic carbocycles. The topological polar surface area (TPSA) is 56.4 Å². The second kappa shape index (κ2) is 7.57. The van der Waals surface area contributed by atoms with Crippen LogP contribution >= 0.6 is 0 Å². The molecular formula is C20H24N2O3. The van der Waals surface area contributed by atoms with E-state index in [1.165, 1.54) is 0 Å². The summed E-state index contributed by atoms with van der Waals surface area (Å²) in [4.78, 5) is 8.11. The monoisotopic (exact) mass is 340 g/mol. The highest BCUT2D eigenvalue weighted by Crippen LogP contribution is 2.29. The Morgan fingerprint density at radius 1 is 1.04 bits per heavy atom. The highest BCUT2D eigenvalue weighted by Gasteiger charge is 2.20. The molecule has 0 saturated heterocycles. The largest absolute Gasteiger partial charge is 0.497 e. The number of rotatable bonds is 7. The Labute approximate surface area is 147 Å². The van der Waals surface area contributed by atoms with Gasteiger partial charge in [-0.3, -0.25) is 0 Å². The van der Waals surface area contributed by atoms with Crippen LogP contribution in [0.2, 0.25) is 0 Å². The molecule has 1 unspecified atom stereocenters. The van der Waals surface area contributed by atoms with Gasteiger partial charge in [0.1, 0.15) is 23.4 Å². The van der Waals surface area contributed by atoms with E-state index in [0.29, 0.717) is 6.61 Å². The van der Waals surface area contributed by atoms with Gasteiger partial charge in [-0.15, -0.1) is 0 Å². The molecule has 0 saturated carbocycles. The first-order valence-electron chi connectivity index (χ1n) is 8.52. The maximum atomic E-state index is 6.14. The lowest BCUT2D eigenvalue weighted by atomic mass is 10.1. The van der Waals surface area contributed by atoms with Crippen LogP contribution in [-0.2, 0) is 4.74 Å². The van der Waals surface area contributed by atoms with Crippen LogP contribution in [0, 0.1) is 0 Å². The van der Waals surface area contributed by atoms with E-state index in [1.807, 2.05) is 63.2 Å². The smallest absolute Gasteiger partial charge is 0.141 e. The summed E-state index contributed by atoms with van der Waals surface area (Å²) in [5.41, 5.74) is 2.86. The Hall–Kier alpha value is -2.53. The fourth-order valence-electron chi connectivity index (χ4n) is 2.74. The van der Waals surface area contributed by atoms with Crippen LogP contribution < -0.4 is 9.47 Å². The predicted octanol–water partition coefficient (Wildman–Crippen LogP) is 4.48. The molecular weight excluding hydrogens is 316 g/mol. The first-order chi connectivity index (χ1) is 12.1. The molecule has 3 rings (SSSR count). The fourth-order valence-corrected chi connectivity index (χ4v) is 2.74. The van der Waals surface area contributed by atoms with Gasteiger partial charge in [-0.2, -0.15) is 0 Å². The minimum absolute atomic E-state index is 0.0688. The zero-order valence-electron chi connectivity index (χ0n) is 15.1. The maximum absolute atomic E-state index is 6.14. The van der Waals surface area contributed by atoms with E-state index in [2.05, 4.69) is 4.98 Å². The zero-order valence-corrected chi connectivity index (χ0v) is 15.1. The molecule has 5 heteroatoms. The van der Waals surface area contributed by atoms with Crippen LogP contribution in [0.25, 0.3) is 11.0 Å². The number of nitrogens with zero attached hydrogens (tertiary/aromatic N) is 1. The molecule has 0 fully saturated rings. The first-order valence-corrected chi connectivity index (χ1v) is 8.52. The molecule has 0 radical (unpaired) electrons. The second-order valence-electron chi connectivity index (χ2n) is 6.07. The van der Waals surface area contributed by atoms with Crippen molar-refractivity contribution in [1.29, 1.82) is 0 Å². The van der Waals surface area contributed by atoms with Gasteiger partial charge in [0.2, 0.25) is 0 Å². The van der Waals surface area contributed by atoms with Gasteiger partial charge in [0.15, 0.2) is 0 Å². The molecule has 25 heavy (non-hydrogen) atoms. The molecule has 5 nitrogen and oxygen atoms in total. The van der Waals surface area contributed by atoms with Crippen molar-refractivity contribution in [1.82, 2.24) is 9.97 Å². The van der Waals surface area contributed by atoms with Gasteiger partial charge in [-0.1, -0.05) is 12.1 Å². The fraction of sp³-hybridized carbons (Fsp3) is 0.350. The first kappa shape index (κ1) is 17.3. The molecule has 0 aliphatic heterocycles. The van der Waals surface area contributed by atoms with Crippen molar-refractivity contribution in [2.24, 2.45) is 0 Å². The van der Waals surface area contributed by atoms with Crippen molar-refractivity contribution >= 4 is 11.0 Å². The zero-order chi connectivity index (χ0) is 17.8. The summed E-state index contributed by atoms with van der Waals surface area (Å²) in [6.07, 6.45) is -0.201. The number of aromatic nitrogens is 2. The molecule has 3 aromatic rings. The standard InChI is InChI=1S/C20H24N2O3/c1-5-24-16-10-11-17-18(12-16)22-20(21-17)19(25-13(2)3)14-6-8-15(23-4)9-7-14/h6-13,19H,5H2,1-4H3,(H,21,22). The third-order valence-corrected chi connectivity index (χ3v) is 3.86. The van der Waals surface area contributed by atoms with Crippen LogP contribution in [0.3, 0.4) is 0 Å². The van der Waals surface area contributed by atoms with Crippen LogP contribution in [-0.4, -0.2) is 29.8 Å². The van der Waals surface area contributed by atoms with Gasteiger partial charge in [-0.25, -0.2) is 4.98 Å². The van der Waals surface area contributed by atoms with Crippen molar-refractivity contribution in [2.75, 3.05) is 13.7 Å². The summed E-state index contributed by atoms with van der Waals surface area (Å²) in [6, 6.07) is 13.7. The van der Waals surface area contributed by atoms with Crippen LogP contribution in [0.15, 0.2) is 42.5 Å². The van der Waals surface area contributed by atoms with E-state index >= 15 is 0 Å². The van der Waals surface area contributed by atoms with E-state index < -0.39 is 0 Å². The molecule has 0 amide bonds. The molecule has 0 aliphatic carbocycles. The average molecular weight is 340 g/mol. The van der Waals surface area contributed by atoms with Crippen molar-refractivity contribution in [3.8, 4) is 11.5 Å². The van der Waals surface area contributed by atoms with E-state index in [-0.39, 0.29) is 12.2 Å². The summed E-state index contributed by atoms with van der Waals surface area (Å²) in [5, 5.41) is 0. The quantitative estimate of drug-likeness (QED) is 0.689. The third-order valence-electron chi connectivity index (χ3n) is 3.86. The Morgan fingerprint density at radius 2 is 1.76 bits per heavy atom. The molecule has 0 spiro atoms. The number of hydrogen-bond donors (Lipinski definition) is 1. The van der Waals surface area contributed by atoms with Crippen LogP contribution in [0.4, 0.5) is 0 Å². The van der Waals surface area contributed by atoms with Crippen molar-refractivity contribution in [2.45, 2.75) is 33.0 Å². The maximum Gasteiger partial charge on any atom is 0.141 e. The van der Waals surface area contributed by atoms with Gasteiger partial charge in [0, 0.05) is 6.07 Å². The number of imidazole rings is 1. The number of ether oxygens (including phenoxy) is 3. The third kappa shape index (κ3) is 3.94. The van der Waals surface area contributed by atoms with Gasteiger partial charge < -0.3 is 19.2 Å². The van der Waals surface area contributed by atoms with E-state index in [9.17, 15) is 0 Å². The second-order valence-corrected chi connectivity index (χ2v) is 6.07. The molecule has 1 heterocycles. The number of aromatic amines is 1. The SMILES string of the molecule is CCOc1ccc2[nH]c(C(OC(C)C)c3ccc(OC)cc3)nc2c1. The number of nitrogens with one attached hydrogen (secondary N) is 1. The molecule has 1 N–H and O–H groups in total. The summed E-state index contributed by atoms with van der Waals surface area (Å²) in [5.74, 6) is 2.42.